The van der Waals surface area contributed by atoms with Crippen LogP contribution in [0.1, 0.15) is 11.1 Å². The minimum atomic E-state index is 1.08. The zero-order chi connectivity index (χ0) is 56.3. The van der Waals surface area contributed by atoms with E-state index in [1.807, 2.05) is 0 Å². The van der Waals surface area contributed by atoms with Crippen LogP contribution in [0.4, 0.5) is 34.1 Å². The zero-order valence-electron chi connectivity index (χ0n) is 47.1. The monoisotopic (exact) mass is 1070 g/mol. The number of hydrogen-bond acceptors (Lipinski definition) is 2. The minimum Gasteiger partial charge on any atom is -0.310 e. The lowest BCUT2D eigenvalue weighted by atomic mass is 9.96. The van der Waals surface area contributed by atoms with Gasteiger partial charge in [0.15, 0.2) is 0 Å². The van der Waals surface area contributed by atoms with E-state index >= 15 is 0 Å². The number of nitrogens with zero attached hydrogens (tertiary/aromatic N) is 2. The van der Waals surface area contributed by atoms with Crippen LogP contribution in [0, 0.1) is 13.8 Å². The largest absolute Gasteiger partial charge is 0.310 e. The maximum atomic E-state index is 2.44. The molecule has 2 heteroatoms. The molecule has 2 nitrogen and oxygen atoms in total. The fourth-order valence-electron chi connectivity index (χ4n) is 12.1. The van der Waals surface area contributed by atoms with Gasteiger partial charge in [0.05, 0.1) is 11.4 Å². The highest BCUT2D eigenvalue weighted by Gasteiger charge is 2.22. The highest BCUT2D eigenvalue weighted by Crippen LogP contribution is 2.46. The number of benzene rings is 14. The van der Waals surface area contributed by atoms with Crippen molar-refractivity contribution in [2.24, 2.45) is 0 Å². The maximum Gasteiger partial charge on any atom is 0.0540 e. The van der Waals surface area contributed by atoms with Gasteiger partial charge in [-0.25, -0.2) is 0 Å². The molecule has 0 aliphatic rings. The van der Waals surface area contributed by atoms with Crippen molar-refractivity contribution in [3.63, 3.8) is 0 Å². The summed E-state index contributed by atoms with van der Waals surface area (Å²) in [4.78, 5) is 4.88. The lowest BCUT2D eigenvalue weighted by Crippen LogP contribution is -2.13. The Hall–Kier alpha value is -10.8. The van der Waals surface area contributed by atoms with Gasteiger partial charge in [0.25, 0.3) is 0 Å². The van der Waals surface area contributed by atoms with Crippen molar-refractivity contribution < 1.29 is 0 Å². The van der Waals surface area contributed by atoms with E-state index < -0.39 is 0 Å². The fourth-order valence-corrected chi connectivity index (χ4v) is 12.1. The van der Waals surface area contributed by atoms with Crippen LogP contribution in [0.15, 0.2) is 328 Å². The summed E-state index contributed by atoms with van der Waals surface area (Å²) < 4.78 is 0. The highest BCUT2D eigenvalue weighted by atomic mass is 15.2. The van der Waals surface area contributed by atoms with Crippen molar-refractivity contribution in [2.75, 3.05) is 9.80 Å². The summed E-state index contributed by atoms with van der Waals surface area (Å²) in [6, 6.07) is 120. The molecule has 0 saturated heterocycles. The molecule has 0 atom stereocenters. The zero-order valence-corrected chi connectivity index (χ0v) is 47.1. The van der Waals surface area contributed by atoms with Crippen LogP contribution in [0.25, 0.3) is 99.4 Å². The van der Waals surface area contributed by atoms with Gasteiger partial charge in [0.1, 0.15) is 0 Å². The molecular formula is C82H60N2. The lowest BCUT2D eigenvalue weighted by molar-refractivity contribution is 1.24. The Morgan fingerprint density at radius 1 is 0.179 bits per heavy atom. The summed E-state index contributed by atoms with van der Waals surface area (Å²) in [5, 5.41) is 4.96. The Balaban J connectivity index is 0.839. The highest BCUT2D eigenvalue weighted by molar-refractivity contribution is 5.94. The van der Waals surface area contributed by atoms with Crippen LogP contribution in [-0.2, 0) is 0 Å². The number of fused-ring (bicyclic) bond motifs is 2. The van der Waals surface area contributed by atoms with Crippen LogP contribution in [0.5, 0.6) is 0 Å². The first kappa shape index (κ1) is 51.4. The van der Waals surface area contributed by atoms with Gasteiger partial charge in [-0.3, -0.25) is 0 Å². The van der Waals surface area contributed by atoms with Gasteiger partial charge in [-0.1, -0.05) is 255 Å². The molecule has 14 rings (SSSR count). The van der Waals surface area contributed by atoms with Crippen LogP contribution < -0.4 is 9.80 Å². The minimum absolute atomic E-state index is 1.08. The predicted octanol–water partition coefficient (Wildman–Crippen LogP) is 23.2. The van der Waals surface area contributed by atoms with Gasteiger partial charge in [0, 0.05) is 33.9 Å². The van der Waals surface area contributed by atoms with Gasteiger partial charge in [-0.2, -0.15) is 0 Å². The molecule has 0 spiro atoms. The maximum absolute atomic E-state index is 2.44. The molecule has 0 aromatic heterocycles. The van der Waals surface area contributed by atoms with Crippen LogP contribution in [0.2, 0.25) is 0 Å². The summed E-state index contributed by atoms with van der Waals surface area (Å²) >= 11 is 0. The third kappa shape index (κ3) is 10.2. The summed E-state index contributed by atoms with van der Waals surface area (Å²) in [5.74, 6) is 0. The van der Waals surface area contributed by atoms with E-state index in [1.165, 1.54) is 77.2 Å². The molecule has 0 aliphatic carbocycles. The number of aryl methyl sites for hydroxylation is 2. The molecule has 0 radical (unpaired) electrons. The third-order valence-corrected chi connectivity index (χ3v) is 16.5. The molecule has 0 bridgehead atoms. The molecule has 0 fully saturated rings. The van der Waals surface area contributed by atoms with Crippen molar-refractivity contribution >= 4 is 55.7 Å². The van der Waals surface area contributed by atoms with E-state index in [9.17, 15) is 0 Å². The van der Waals surface area contributed by atoms with Gasteiger partial charge in [-0.15, -0.1) is 0 Å². The van der Waals surface area contributed by atoms with E-state index in [1.54, 1.807) is 0 Å². The molecular weight excluding hydrogens is 1010 g/mol. The first-order chi connectivity index (χ1) is 41.5. The lowest BCUT2D eigenvalue weighted by Gasteiger charge is -2.30. The van der Waals surface area contributed by atoms with Crippen LogP contribution in [0.3, 0.4) is 0 Å². The average molecular weight is 1070 g/mol. The smallest absolute Gasteiger partial charge is 0.0540 e. The van der Waals surface area contributed by atoms with Crippen molar-refractivity contribution in [1.29, 1.82) is 0 Å². The van der Waals surface area contributed by atoms with Gasteiger partial charge in [0.2, 0.25) is 0 Å². The summed E-state index contributed by atoms with van der Waals surface area (Å²) in [7, 11) is 0. The molecule has 0 N–H and O–H groups in total. The SMILES string of the molecule is Cc1cc(-c2ccc(N(c3ccc(-c4ccc5ccccc5c4)cc3)c3ccccc3-c3ccc(-c4ccccc4)cc3)c(C)c2)ccc1N(c1ccc(-c2ccc3ccccc3c2)cc1)c1ccccc1-c1ccc(-c2ccccc2)cc1. The van der Waals surface area contributed by atoms with Crippen molar-refractivity contribution in [3.05, 3.63) is 339 Å². The number of hydrogen-bond donors (Lipinski definition) is 0. The second kappa shape index (κ2) is 22.6. The van der Waals surface area contributed by atoms with Crippen LogP contribution >= 0.6 is 0 Å². The van der Waals surface area contributed by atoms with E-state index in [0.29, 0.717) is 0 Å². The number of anilines is 6. The normalized spacial score (nSPS) is 11.2. The molecule has 398 valence electrons. The number of rotatable bonds is 13. The standard InChI is InChI=1S/C82H60N2/c1-57-53-71(45-51-79(57)83(75-47-41-65(42-48-75)73-39-33-61-21-9-11-23-69(61)55-73)81-27-15-13-25-77(81)67-35-29-63(30-36-67)59-17-5-3-6-18-59)72-46-52-80(58(2)54-72)84(76-49-43-66(44-50-76)74-40-34-62-22-10-12-24-70(62)56-74)82-28-16-14-26-78(82)68-37-31-64(32-38-68)60-19-7-4-8-20-60/h3-56H,1-2H3. The van der Waals surface area contributed by atoms with Gasteiger partial charge in [-0.05, 0) is 186 Å². The predicted molar refractivity (Wildman–Crippen MR) is 358 cm³/mol. The van der Waals surface area contributed by atoms with Crippen molar-refractivity contribution in [2.45, 2.75) is 13.8 Å². The Bertz CT molecular complexity index is 4340. The van der Waals surface area contributed by atoms with Crippen molar-refractivity contribution in [3.8, 4) is 77.9 Å². The first-order valence-electron chi connectivity index (χ1n) is 29.0. The molecule has 14 aromatic rings. The van der Waals surface area contributed by atoms with Gasteiger partial charge < -0.3 is 9.80 Å². The number of para-hydroxylation sites is 2. The van der Waals surface area contributed by atoms with E-state index in [4.69, 9.17) is 0 Å². The van der Waals surface area contributed by atoms with E-state index in [2.05, 4.69) is 351 Å². The molecule has 84 heavy (non-hydrogen) atoms. The van der Waals surface area contributed by atoms with Gasteiger partial charge >= 0.3 is 0 Å². The molecule has 0 heterocycles. The third-order valence-electron chi connectivity index (χ3n) is 16.5. The Morgan fingerprint density at radius 3 is 0.845 bits per heavy atom. The fraction of sp³-hybridized carbons (Fsp3) is 0.0244. The summed E-state index contributed by atoms with van der Waals surface area (Å²) in [6.45, 7) is 4.50. The molecule has 0 amide bonds. The first-order valence-corrected chi connectivity index (χ1v) is 29.0. The quantitative estimate of drug-likeness (QED) is 0.114. The Morgan fingerprint density at radius 2 is 0.452 bits per heavy atom. The summed E-state index contributed by atoms with van der Waals surface area (Å²) in [5.41, 5.74) is 25.5. The van der Waals surface area contributed by atoms with E-state index in [-0.39, 0.29) is 0 Å². The second-order valence-electron chi connectivity index (χ2n) is 21.8. The molecule has 14 aromatic carbocycles. The van der Waals surface area contributed by atoms with E-state index in [0.717, 1.165) is 67.5 Å². The summed E-state index contributed by atoms with van der Waals surface area (Å²) in [6.07, 6.45) is 0. The molecule has 0 unspecified atom stereocenters. The topological polar surface area (TPSA) is 6.48 Å². The Kier molecular flexibility index (Phi) is 13.8. The Labute approximate surface area is 493 Å². The molecule has 0 saturated carbocycles. The van der Waals surface area contributed by atoms with Crippen LogP contribution in [-0.4, -0.2) is 0 Å². The van der Waals surface area contributed by atoms with Crippen molar-refractivity contribution in [1.82, 2.24) is 0 Å². The average Bonchev–Trinajstić information content (AvgIpc) is 3.23. The second-order valence-corrected chi connectivity index (χ2v) is 21.8. The molecule has 0 aliphatic heterocycles.